The van der Waals surface area contributed by atoms with Crippen LogP contribution >= 0.6 is 0 Å². The first-order chi connectivity index (χ1) is 10.4. The number of aliphatic hydroxyl groups is 1. The lowest BCUT2D eigenvalue weighted by molar-refractivity contribution is 0.0793. The Morgan fingerprint density at radius 2 is 1.95 bits per heavy atom. The summed E-state index contributed by atoms with van der Waals surface area (Å²) in [4.78, 5) is 26.0. The number of anilines is 1. The van der Waals surface area contributed by atoms with Crippen LogP contribution in [0.2, 0.25) is 0 Å². The summed E-state index contributed by atoms with van der Waals surface area (Å²) in [7, 11) is 0. The molecule has 22 heavy (non-hydrogen) atoms. The maximum atomic E-state index is 12.3. The Kier molecular flexibility index (Phi) is 5.03. The molecular weight excluding hydrogens is 282 g/mol. The van der Waals surface area contributed by atoms with Gasteiger partial charge in [-0.15, -0.1) is 0 Å². The lowest BCUT2D eigenvalue weighted by Crippen LogP contribution is -2.48. The minimum absolute atomic E-state index is 0.00255. The van der Waals surface area contributed by atoms with Crippen LogP contribution in [0.3, 0.4) is 0 Å². The fraction of sp³-hybridized carbons (Fsp3) is 0.500. The van der Waals surface area contributed by atoms with Crippen LogP contribution in [0.15, 0.2) is 24.3 Å². The van der Waals surface area contributed by atoms with Crippen LogP contribution in [0, 0.1) is 0 Å². The third kappa shape index (κ3) is 4.21. The van der Waals surface area contributed by atoms with Crippen molar-refractivity contribution >= 4 is 17.6 Å². The van der Waals surface area contributed by atoms with E-state index in [9.17, 15) is 9.59 Å². The first-order valence-corrected chi connectivity index (χ1v) is 7.51. The summed E-state index contributed by atoms with van der Waals surface area (Å²) in [6.45, 7) is 4.87. The van der Waals surface area contributed by atoms with E-state index in [0.29, 0.717) is 11.3 Å². The summed E-state index contributed by atoms with van der Waals surface area (Å²) in [5.74, 6) is -0.00255. The van der Waals surface area contributed by atoms with Crippen molar-refractivity contribution in [2.75, 3.05) is 25.0 Å². The zero-order valence-electron chi connectivity index (χ0n) is 13.1. The molecule has 6 nitrogen and oxygen atoms in total. The molecule has 120 valence electrons. The van der Waals surface area contributed by atoms with Gasteiger partial charge in [-0.2, -0.15) is 0 Å². The summed E-state index contributed by atoms with van der Waals surface area (Å²) in [6, 6.07) is 6.49. The second-order valence-electron chi connectivity index (χ2n) is 6.20. The number of urea groups is 1. The number of carbonyl (C=O) groups is 2. The van der Waals surface area contributed by atoms with Gasteiger partial charge >= 0.3 is 6.03 Å². The Balaban J connectivity index is 2.02. The molecule has 6 heteroatoms. The molecule has 1 aromatic rings. The van der Waals surface area contributed by atoms with E-state index >= 15 is 0 Å². The lowest BCUT2D eigenvalue weighted by atomic mass is 10.1. The van der Waals surface area contributed by atoms with Crippen LogP contribution in [0.4, 0.5) is 10.5 Å². The highest BCUT2D eigenvalue weighted by Gasteiger charge is 2.21. The molecule has 1 fully saturated rings. The Labute approximate surface area is 130 Å². The highest BCUT2D eigenvalue weighted by atomic mass is 16.3. The second-order valence-corrected chi connectivity index (χ2v) is 6.20. The highest BCUT2D eigenvalue weighted by molar-refractivity contribution is 5.97. The van der Waals surface area contributed by atoms with Crippen molar-refractivity contribution in [2.45, 2.75) is 32.2 Å². The topological polar surface area (TPSA) is 81.7 Å². The van der Waals surface area contributed by atoms with Gasteiger partial charge in [0.1, 0.15) is 0 Å². The first kappa shape index (κ1) is 16.3. The molecule has 0 unspecified atom stereocenters. The highest BCUT2D eigenvalue weighted by Crippen LogP contribution is 2.16. The van der Waals surface area contributed by atoms with Gasteiger partial charge in [-0.1, -0.05) is 6.07 Å². The molecule has 3 N–H and O–H groups in total. The van der Waals surface area contributed by atoms with Gasteiger partial charge in [0.25, 0.3) is 5.91 Å². The maximum absolute atomic E-state index is 12.3. The van der Waals surface area contributed by atoms with Crippen molar-refractivity contribution in [3.05, 3.63) is 29.8 Å². The second kappa shape index (κ2) is 6.79. The van der Waals surface area contributed by atoms with Gasteiger partial charge in [-0.05, 0) is 44.9 Å². The molecule has 0 radical (unpaired) electrons. The van der Waals surface area contributed by atoms with E-state index in [1.54, 1.807) is 38.1 Å². The monoisotopic (exact) mass is 305 g/mol. The van der Waals surface area contributed by atoms with Crippen LogP contribution in [-0.2, 0) is 0 Å². The van der Waals surface area contributed by atoms with Crippen LogP contribution in [-0.4, -0.2) is 47.2 Å². The largest absolute Gasteiger partial charge is 0.394 e. The number of aliphatic hydroxyl groups excluding tert-OH is 1. The molecule has 0 atom stereocenters. The number of benzene rings is 1. The molecule has 1 saturated heterocycles. The number of likely N-dealkylation sites (tertiary alicyclic amines) is 1. The summed E-state index contributed by atoms with van der Waals surface area (Å²) in [6.07, 6.45) is 2.09. The van der Waals surface area contributed by atoms with Crippen molar-refractivity contribution in [2.24, 2.45) is 0 Å². The Morgan fingerprint density at radius 3 is 2.59 bits per heavy atom. The fourth-order valence-electron chi connectivity index (χ4n) is 2.34. The molecule has 1 aliphatic heterocycles. The van der Waals surface area contributed by atoms with E-state index in [1.165, 1.54) is 0 Å². The van der Waals surface area contributed by atoms with Crippen molar-refractivity contribution in [1.29, 1.82) is 0 Å². The quantitative estimate of drug-likeness (QED) is 0.793. The fourth-order valence-corrected chi connectivity index (χ4v) is 2.34. The predicted molar refractivity (Wildman–Crippen MR) is 84.9 cm³/mol. The van der Waals surface area contributed by atoms with Crippen LogP contribution in [0.1, 0.15) is 37.0 Å². The number of rotatable bonds is 4. The van der Waals surface area contributed by atoms with Gasteiger partial charge in [-0.3, -0.25) is 4.79 Å². The first-order valence-electron chi connectivity index (χ1n) is 7.51. The van der Waals surface area contributed by atoms with E-state index in [4.69, 9.17) is 5.11 Å². The minimum Gasteiger partial charge on any atom is -0.394 e. The van der Waals surface area contributed by atoms with E-state index < -0.39 is 11.6 Å². The van der Waals surface area contributed by atoms with Gasteiger partial charge in [0.2, 0.25) is 0 Å². The molecule has 0 bridgehead atoms. The number of amides is 3. The molecular formula is C16H23N3O3. The predicted octanol–water partition coefficient (Wildman–Crippen LogP) is 1.81. The molecule has 3 amide bonds. The standard InChI is InChI=1S/C16H23N3O3/c1-16(2,11-20)18-15(22)17-13-7-5-6-12(10-13)14(21)19-8-3-4-9-19/h5-7,10,20H,3-4,8-9,11H2,1-2H3,(H2,17,18,22). The maximum Gasteiger partial charge on any atom is 0.319 e. The average Bonchev–Trinajstić information content (AvgIpc) is 3.00. The van der Waals surface area contributed by atoms with E-state index in [0.717, 1.165) is 25.9 Å². The Bertz CT molecular complexity index is 551. The zero-order valence-corrected chi connectivity index (χ0v) is 13.1. The summed E-state index contributed by atoms with van der Waals surface area (Å²) in [5, 5.41) is 14.5. The summed E-state index contributed by atoms with van der Waals surface area (Å²) >= 11 is 0. The van der Waals surface area contributed by atoms with Crippen LogP contribution in [0.25, 0.3) is 0 Å². The van der Waals surface area contributed by atoms with E-state index in [2.05, 4.69) is 10.6 Å². The molecule has 1 aromatic carbocycles. The smallest absolute Gasteiger partial charge is 0.319 e. The van der Waals surface area contributed by atoms with Crippen molar-refractivity contribution in [1.82, 2.24) is 10.2 Å². The lowest BCUT2D eigenvalue weighted by Gasteiger charge is -2.23. The van der Waals surface area contributed by atoms with E-state index in [1.807, 2.05) is 4.90 Å². The normalized spacial score (nSPS) is 14.8. The molecule has 0 aromatic heterocycles. The third-order valence-electron chi connectivity index (χ3n) is 3.61. The van der Waals surface area contributed by atoms with Crippen LogP contribution < -0.4 is 10.6 Å². The number of carbonyl (C=O) groups excluding carboxylic acids is 2. The van der Waals surface area contributed by atoms with Gasteiger partial charge in [0.05, 0.1) is 12.1 Å². The summed E-state index contributed by atoms with van der Waals surface area (Å²) in [5.41, 5.74) is 0.421. The molecule has 1 aliphatic rings. The Morgan fingerprint density at radius 1 is 1.27 bits per heavy atom. The SMILES string of the molecule is CC(C)(CO)NC(=O)Nc1cccc(C(=O)N2CCCC2)c1. The minimum atomic E-state index is -0.701. The number of hydrogen-bond acceptors (Lipinski definition) is 3. The zero-order chi connectivity index (χ0) is 16.2. The van der Waals surface area contributed by atoms with Gasteiger partial charge < -0.3 is 20.6 Å². The number of nitrogens with one attached hydrogen (secondary N) is 2. The van der Waals surface area contributed by atoms with Crippen molar-refractivity contribution in [3.63, 3.8) is 0 Å². The third-order valence-corrected chi connectivity index (χ3v) is 3.61. The summed E-state index contributed by atoms with van der Waals surface area (Å²) < 4.78 is 0. The van der Waals surface area contributed by atoms with Gasteiger partial charge in [0.15, 0.2) is 0 Å². The number of hydrogen-bond donors (Lipinski definition) is 3. The molecule has 0 spiro atoms. The molecule has 1 heterocycles. The van der Waals surface area contributed by atoms with Gasteiger partial charge in [-0.25, -0.2) is 4.79 Å². The van der Waals surface area contributed by atoms with Crippen LogP contribution in [0.5, 0.6) is 0 Å². The van der Waals surface area contributed by atoms with E-state index in [-0.39, 0.29) is 12.5 Å². The van der Waals surface area contributed by atoms with Crippen molar-refractivity contribution in [3.8, 4) is 0 Å². The molecule has 0 saturated carbocycles. The average molecular weight is 305 g/mol. The Hall–Kier alpha value is -2.08. The number of nitrogens with zero attached hydrogens (tertiary/aromatic N) is 1. The molecule has 2 rings (SSSR count). The van der Waals surface area contributed by atoms with Crippen molar-refractivity contribution < 1.29 is 14.7 Å². The van der Waals surface area contributed by atoms with Gasteiger partial charge in [0, 0.05) is 24.3 Å². The molecule has 0 aliphatic carbocycles.